The molecule has 4 rings (SSSR count). The highest BCUT2D eigenvalue weighted by molar-refractivity contribution is 5.93. The highest BCUT2D eigenvalue weighted by Gasteiger charge is 2.37. The van der Waals surface area contributed by atoms with E-state index in [4.69, 9.17) is 11.5 Å². The Hall–Kier alpha value is -4.70. The molecule has 0 heterocycles. The minimum atomic E-state index is -0.975. The number of primary amides is 1. The minimum Gasteiger partial charge on any atom is -0.508 e. The molecule has 4 amide bonds. The van der Waals surface area contributed by atoms with Crippen molar-refractivity contribution >= 4 is 23.6 Å². The zero-order valence-electron chi connectivity index (χ0n) is 25.8. The summed E-state index contributed by atoms with van der Waals surface area (Å²) in [6.07, 6.45) is 2.58. The number of rotatable bonds is 13. The van der Waals surface area contributed by atoms with E-state index in [1.54, 1.807) is 12.1 Å². The smallest absolute Gasteiger partial charge is 0.243 e. The summed E-state index contributed by atoms with van der Waals surface area (Å²) >= 11 is 0. The van der Waals surface area contributed by atoms with Gasteiger partial charge in [0.25, 0.3) is 0 Å². The van der Waals surface area contributed by atoms with Crippen LogP contribution in [0.5, 0.6) is 5.75 Å². The minimum absolute atomic E-state index is 0.159. The summed E-state index contributed by atoms with van der Waals surface area (Å²) in [7, 11) is 0. The molecule has 10 nitrogen and oxygen atoms in total. The van der Waals surface area contributed by atoms with Crippen LogP contribution >= 0.6 is 0 Å². The quantitative estimate of drug-likeness (QED) is 0.172. The molecular weight excluding hydrogens is 570 g/mol. The Morgan fingerprint density at radius 3 is 1.91 bits per heavy atom. The Labute approximate surface area is 264 Å². The molecule has 1 fully saturated rings. The fourth-order valence-corrected chi connectivity index (χ4v) is 6.02. The standard InChI is InChI=1S/C35H43N5O5/c1-21-16-25(41)17-22(2)27(21)20-28(36)34(44)38-29-15-9-14-26(29)33(43)40-31(19-24-12-7-4-8-13-24)35(45)39-30(32(37)42)18-23-10-5-3-6-11-23/h3-8,10-13,16-17,26,28-31,41H,9,14-15,18-20,36H2,1-2H3,(H2,37,42)(H,38,44)(H,39,45)(H,40,43)/t26-,28+,29+,30+,31+/m1/s1. The number of aryl methyl sites for hydroxylation is 2. The Kier molecular flexibility index (Phi) is 11.3. The van der Waals surface area contributed by atoms with E-state index in [9.17, 15) is 24.3 Å². The predicted octanol–water partition coefficient (Wildman–Crippen LogP) is 2.10. The van der Waals surface area contributed by atoms with Crippen LogP contribution in [0.2, 0.25) is 0 Å². The average molecular weight is 614 g/mol. The maximum absolute atomic E-state index is 13.6. The Morgan fingerprint density at radius 2 is 1.36 bits per heavy atom. The van der Waals surface area contributed by atoms with Crippen molar-refractivity contribution in [3.8, 4) is 5.75 Å². The van der Waals surface area contributed by atoms with E-state index >= 15 is 0 Å². The molecule has 0 bridgehead atoms. The van der Waals surface area contributed by atoms with Gasteiger partial charge < -0.3 is 32.5 Å². The summed E-state index contributed by atoms with van der Waals surface area (Å²) in [6, 6.07) is 18.6. The van der Waals surface area contributed by atoms with Crippen molar-refractivity contribution in [2.24, 2.45) is 17.4 Å². The highest BCUT2D eigenvalue weighted by atomic mass is 16.3. The second kappa shape index (κ2) is 15.3. The fourth-order valence-electron chi connectivity index (χ4n) is 6.02. The molecule has 10 heteroatoms. The first-order chi connectivity index (χ1) is 21.5. The SMILES string of the molecule is Cc1cc(O)cc(C)c1C[C@H](N)C(=O)N[C@H]1CCC[C@H]1C(=O)N[C@@H](Cc1ccccc1)C(=O)N[C@@H](Cc1ccccc1)C(N)=O. The lowest BCUT2D eigenvalue weighted by Crippen LogP contribution is -2.56. The van der Waals surface area contributed by atoms with Crippen LogP contribution < -0.4 is 27.4 Å². The lowest BCUT2D eigenvalue weighted by Gasteiger charge is -2.26. The lowest BCUT2D eigenvalue weighted by molar-refractivity contribution is -0.133. The van der Waals surface area contributed by atoms with Gasteiger partial charge in [0, 0.05) is 18.9 Å². The van der Waals surface area contributed by atoms with Gasteiger partial charge in [0.05, 0.1) is 12.0 Å². The molecule has 0 unspecified atom stereocenters. The number of phenols is 1. The Balaban J connectivity index is 1.44. The van der Waals surface area contributed by atoms with Gasteiger partial charge in [-0.1, -0.05) is 67.1 Å². The monoisotopic (exact) mass is 613 g/mol. The summed E-state index contributed by atoms with van der Waals surface area (Å²) < 4.78 is 0. The number of hydrogen-bond acceptors (Lipinski definition) is 6. The van der Waals surface area contributed by atoms with Crippen molar-refractivity contribution < 1.29 is 24.3 Å². The van der Waals surface area contributed by atoms with E-state index in [0.29, 0.717) is 12.8 Å². The molecule has 238 valence electrons. The van der Waals surface area contributed by atoms with Gasteiger partial charge in [-0.2, -0.15) is 0 Å². The van der Waals surface area contributed by atoms with Gasteiger partial charge in [-0.15, -0.1) is 0 Å². The third-order valence-corrected chi connectivity index (χ3v) is 8.48. The van der Waals surface area contributed by atoms with Crippen LogP contribution in [0, 0.1) is 19.8 Å². The molecule has 8 N–H and O–H groups in total. The fraction of sp³-hybridized carbons (Fsp3) is 0.371. The third-order valence-electron chi connectivity index (χ3n) is 8.48. The number of aromatic hydroxyl groups is 1. The Morgan fingerprint density at radius 1 is 0.800 bits per heavy atom. The zero-order chi connectivity index (χ0) is 32.5. The number of carbonyl (C=O) groups is 4. The zero-order valence-corrected chi connectivity index (χ0v) is 25.8. The molecule has 0 spiro atoms. The van der Waals surface area contributed by atoms with Crippen LogP contribution in [0.3, 0.4) is 0 Å². The topological polar surface area (TPSA) is 177 Å². The van der Waals surface area contributed by atoms with Crippen molar-refractivity contribution in [1.29, 1.82) is 0 Å². The van der Waals surface area contributed by atoms with Gasteiger partial charge >= 0.3 is 0 Å². The van der Waals surface area contributed by atoms with Gasteiger partial charge in [-0.25, -0.2) is 0 Å². The van der Waals surface area contributed by atoms with Crippen molar-refractivity contribution in [2.75, 3.05) is 0 Å². The molecule has 3 aromatic carbocycles. The number of benzene rings is 3. The molecular formula is C35H43N5O5. The van der Waals surface area contributed by atoms with Gasteiger partial charge in [-0.3, -0.25) is 19.2 Å². The molecule has 0 aliphatic heterocycles. The molecule has 1 aliphatic rings. The van der Waals surface area contributed by atoms with E-state index in [1.165, 1.54) is 0 Å². The van der Waals surface area contributed by atoms with E-state index < -0.39 is 41.9 Å². The average Bonchev–Trinajstić information content (AvgIpc) is 3.47. The first-order valence-electron chi connectivity index (χ1n) is 15.3. The van der Waals surface area contributed by atoms with Crippen LogP contribution in [-0.2, 0) is 38.4 Å². The highest BCUT2D eigenvalue weighted by Crippen LogP contribution is 2.27. The van der Waals surface area contributed by atoms with Crippen molar-refractivity contribution in [2.45, 2.75) is 76.5 Å². The molecule has 5 atom stereocenters. The van der Waals surface area contributed by atoms with E-state index in [-0.39, 0.29) is 36.8 Å². The van der Waals surface area contributed by atoms with Crippen LogP contribution in [-0.4, -0.2) is 52.9 Å². The third kappa shape index (κ3) is 9.15. The van der Waals surface area contributed by atoms with Crippen LogP contribution in [0.15, 0.2) is 72.8 Å². The maximum Gasteiger partial charge on any atom is 0.243 e. The molecule has 1 aliphatic carbocycles. The van der Waals surface area contributed by atoms with Crippen molar-refractivity contribution in [3.63, 3.8) is 0 Å². The normalized spacial score (nSPS) is 17.9. The number of phenolic OH excluding ortho intramolecular Hbond substituents is 1. The van der Waals surface area contributed by atoms with Crippen LogP contribution in [0.25, 0.3) is 0 Å². The van der Waals surface area contributed by atoms with Gasteiger partial charge in [-0.05, 0) is 73.1 Å². The van der Waals surface area contributed by atoms with E-state index in [0.717, 1.165) is 34.2 Å². The second-order valence-electron chi connectivity index (χ2n) is 11.9. The molecule has 0 saturated heterocycles. The number of nitrogens with two attached hydrogens (primary N) is 2. The summed E-state index contributed by atoms with van der Waals surface area (Å²) in [5, 5.41) is 18.5. The molecule has 0 radical (unpaired) electrons. The second-order valence-corrected chi connectivity index (χ2v) is 11.9. The summed E-state index contributed by atoms with van der Waals surface area (Å²) in [4.78, 5) is 52.6. The van der Waals surface area contributed by atoms with Gasteiger partial charge in [0.2, 0.25) is 23.6 Å². The molecule has 45 heavy (non-hydrogen) atoms. The largest absolute Gasteiger partial charge is 0.508 e. The predicted molar refractivity (Wildman–Crippen MR) is 172 cm³/mol. The summed E-state index contributed by atoms with van der Waals surface area (Å²) in [6.45, 7) is 3.72. The first-order valence-corrected chi connectivity index (χ1v) is 15.3. The van der Waals surface area contributed by atoms with Crippen LogP contribution in [0.1, 0.15) is 47.1 Å². The van der Waals surface area contributed by atoms with Crippen molar-refractivity contribution in [1.82, 2.24) is 16.0 Å². The summed E-state index contributed by atoms with van der Waals surface area (Å²) in [5.41, 5.74) is 16.2. The number of amides is 4. The lowest BCUT2D eigenvalue weighted by atomic mass is 9.95. The number of hydrogen-bond donors (Lipinski definition) is 6. The van der Waals surface area contributed by atoms with E-state index in [2.05, 4.69) is 16.0 Å². The number of carbonyl (C=O) groups excluding carboxylic acids is 4. The first kappa shape index (κ1) is 33.2. The van der Waals surface area contributed by atoms with Gasteiger partial charge in [0.1, 0.15) is 17.8 Å². The van der Waals surface area contributed by atoms with Crippen LogP contribution in [0.4, 0.5) is 0 Å². The van der Waals surface area contributed by atoms with E-state index in [1.807, 2.05) is 74.5 Å². The van der Waals surface area contributed by atoms with Gasteiger partial charge in [0.15, 0.2) is 0 Å². The van der Waals surface area contributed by atoms with Crippen molar-refractivity contribution in [3.05, 3.63) is 101 Å². The maximum atomic E-state index is 13.6. The molecule has 1 saturated carbocycles. The Bertz CT molecular complexity index is 1470. The molecule has 3 aromatic rings. The molecule has 0 aromatic heterocycles. The summed E-state index contributed by atoms with van der Waals surface area (Å²) in [5.74, 6) is -2.31. The number of nitrogens with one attached hydrogen (secondary N) is 3.